The number of fused-ring (bicyclic) bond motifs is 2. The minimum absolute atomic E-state index is 0.0173. The summed E-state index contributed by atoms with van der Waals surface area (Å²) in [5.74, 6) is 0.968. The number of hydrogen-bond acceptors (Lipinski definition) is 4. The Hall–Kier alpha value is -1.52. The number of hydrogen-bond donors (Lipinski definition) is 0. The van der Waals surface area contributed by atoms with Gasteiger partial charge in [0.05, 0.1) is 5.92 Å². The molecule has 4 nitrogen and oxygen atoms in total. The van der Waals surface area contributed by atoms with Crippen molar-refractivity contribution in [3.05, 3.63) is 40.9 Å². The molecule has 168 valence electrons. The van der Waals surface area contributed by atoms with E-state index in [0.717, 1.165) is 57.0 Å². The Morgan fingerprint density at radius 2 is 2.03 bits per heavy atom. The minimum Gasteiger partial charge on any atom is -0.462 e. The molecule has 2 aliphatic carbocycles. The first-order valence-corrected chi connectivity index (χ1v) is 12.3. The molecular weight excluding hydrogens is 408 g/mol. The second kappa shape index (κ2) is 8.12. The number of carbonyl (C=O) groups excluding carboxylic acids is 1. The average molecular weight is 443 g/mol. The monoisotopic (exact) mass is 442 g/mol. The van der Waals surface area contributed by atoms with Gasteiger partial charge in [-0.3, -0.25) is 9.69 Å². The van der Waals surface area contributed by atoms with Gasteiger partial charge >= 0.3 is 5.97 Å². The second-order valence-corrected chi connectivity index (χ2v) is 11.1. The van der Waals surface area contributed by atoms with E-state index in [4.69, 9.17) is 16.3 Å². The lowest BCUT2D eigenvalue weighted by molar-refractivity contribution is -0.146. The zero-order chi connectivity index (χ0) is 21.8. The van der Waals surface area contributed by atoms with E-state index in [1.165, 1.54) is 29.7 Å². The largest absolute Gasteiger partial charge is 0.462 e. The van der Waals surface area contributed by atoms with Gasteiger partial charge in [0.25, 0.3) is 0 Å². The highest BCUT2D eigenvalue weighted by Crippen LogP contribution is 2.56. The zero-order valence-electron chi connectivity index (χ0n) is 18.9. The van der Waals surface area contributed by atoms with Gasteiger partial charge in [-0.15, -0.1) is 0 Å². The maximum Gasteiger partial charge on any atom is 0.310 e. The molecule has 5 atom stereocenters. The first-order chi connectivity index (χ1) is 14.8. The van der Waals surface area contributed by atoms with Crippen LogP contribution < -0.4 is 4.90 Å². The van der Waals surface area contributed by atoms with Crippen LogP contribution in [0.15, 0.2) is 30.4 Å². The topological polar surface area (TPSA) is 32.8 Å². The Morgan fingerprint density at radius 3 is 2.81 bits per heavy atom. The fourth-order valence-corrected chi connectivity index (χ4v) is 7.00. The molecular formula is C26H35ClN2O2. The third-order valence-corrected chi connectivity index (χ3v) is 8.89. The molecule has 2 saturated carbocycles. The van der Waals surface area contributed by atoms with Gasteiger partial charge in [-0.25, -0.2) is 0 Å². The van der Waals surface area contributed by atoms with E-state index >= 15 is 0 Å². The second-order valence-electron chi connectivity index (χ2n) is 10.6. The summed E-state index contributed by atoms with van der Waals surface area (Å²) in [6, 6.07) is 6.12. The molecule has 2 heterocycles. The summed E-state index contributed by atoms with van der Waals surface area (Å²) in [4.78, 5) is 17.8. The van der Waals surface area contributed by atoms with E-state index in [9.17, 15) is 4.79 Å². The number of aryl methyl sites for hydroxylation is 1. The number of rotatable bonds is 3. The van der Waals surface area contributed by atoms with Gasteiger partial charge in [-0.1, -0.05) is 36.7 Å². The predicted molar refractivity (Wildman–Crippen MR) is 126 cm³/mol. The Balaban J connectivity index is 1.23. The van der Waals surface area contributed by atoms with Gasteiger partial charge in [0.1, 0.15) is 6.10 Å². The van der Waals surface area contributed by atoms with Crippen molar-refractivity contribution in [2.75, 3.05) is 37.6 Å². The van der Waals surface area contributed by atoms with Crippen LogP contribution in [0.2, 0.25) is 5.02 Å². The van der Waals surface area contributed by atoms with Gasteiger partial charge in [0, 0.05) is 49.4 Å². The van der Waals surface area contributed by atoms with Crippen LogP contribution in [0, 0.1) is 30.1 Å². The molecule has 31 heavy (non-hydrogen) atoms. The van der Waals surface area contributed by atoms with E-state index in [2.05, 4.69) is 42.4 Å². The molecule has 5 heteroatoms. The molecule has 0 bridgehead atoms. The lowest BCUT2D eigenvalue weighted by Gasteiger charge is -2.50. The van der Waals surface area contributed by atoms with E-state index < -0.39 is 0 Å². The zero-order valence-corrected chi connectivity index (χ0v) is 19.7. The molecule has 4 fully saturated rings. The first kappa shape index (κ1) is 21.3. The van der Waals surface area contributed by atoms with Crippen LogP contribution in [0.1, 0.15) is 44.6 Å². The van der Waals surface area contributed by atoms with E-state index in [1.807, 2.05) is 6.07 Å². The van der Waals surface area contributed by atoms with Crippen molar-refractivity contribution in [1.29, 1.82) is 0 Å². The van der Waals surface area contributed by atoms with Crippen LogP contribution in [0.25, 0.3) is 0 Å². The van der Waals surface area contributed by atoms with Crippen LogP contribution in [0.5, 0.6) is 0 Å². The summed E-state index contributed by atoms with van der Waals surface area (Å²) in [6.45, 7) is 13.7. The van der Waals surface area contributed by atoms with Crippen molar-refractivity contribution >= 4 is 23.3 Å². The Labute approximate surface area is 191 Å². The highest BCUT2D eigenvalue weighted by molar-refractivity contribution is 6.30. The first-order valence-electron chi connectivity index (χ1n) is 12.0. The number of ether oxygens (including phenoxy) is 1. The summed E-state index contributed by atoms with van der Waals surface area (Å²) >= 11 is 6.23. The Kier molecular flexibility index (Phi) is 5.58. The highest BCUT2D eigenvalue weighted by atomic mass is 35.5. The summed E-state index contributed by atoms with van der Waals surface area (Å²) in [6.07, 6.45) is 5.84. The molecule has 0 amide bonds. The molecule has 0 unspecified atom stereocenters. The van der Waals surface area contributed by atoms with Crippen molar-refractivity contribution in [1.82, 2.24) is 4.90 Å². The minimum atomic E-state index is 0.0173. The van der Waals surface area contributed by atoms with Crippen LogP contribution in [-0.2, 0) is 9.53 Å². The van der Waals surface area contributed by atoms with E-state index in [0.29, 0.717) is 11.8 Å². The van der Waals surface area contributed by atoms with Crippen LogP contribution in [0.4, 0.5) is 5.69 Å². The quantitative estimate of drug-likeness (QED) is 0.482. The number of carbonyl (C=O) groups is 1. The molecule has 0 aromatic heterocycles. The third kappa shape index (κ3) is 3.91. The summed E-state index contributed by atoms with van der Waals surface area (Å²) in [7, 11) is 0. The lowest BCUT2D eigenvalue weighted by atomic mass is 9.55. The molecule has 2 saturated heterocycles. The highest BCUT2D eigenvalue weighted by Gasteiger charge is 2.55. The maximum atomic E-state index is 12.9. The van der Waals surface area contributed by atoms with Gasteiger partial charge in [-0.05, 0) is 68.1 Å². The molecule has 2 aliphatic heterocycles. The maximum absolute atomic E-state index is 12.9. The Bertz CT molecular complexity index is 878. The normalized spacial score (nSPS) is 36.2. The SMILES string of the molecule is C=C1CCC[C@]2(C)C[C@H]3OC(=O)[C@H](CN4CCN(c5cc(Cl)ccc5C)CC4)[C@@H]3C[C@H]12. The molecule has 1 aromatic carbocycles. The molecule has 1 aromatic rings. The number of anilines is 1. The molecule has 0 spiro atoms. The molecule has 5 rings (SSSR count). The molecule has 4 aliphatic rings. The number of nitrogens with zero attached hydrogens (tertiary/aromatic N) is 2. The van der Waals surface area contributed by atoms with Crippen molar-refractivity contribution in [3.8, 4) is 0 Å². The third-order valence-electron chi connectivity index (χ3n) is 8.66. The number of benzene rings is 1. The molecule has 0 radical (unpaired) electrons. The fourth-order valence-electron chi connectivity index (χ4n) is 6.84. The fraction of sp³-hybridized carbons (Fsp3) is 0.654. The van der Waals surface area contributed by atoms with Crippen LogP contribution in [0.3, 0.4) is 0 Å². The standard InChI is InChI=1S/C26H35ClN2O2/c1-17-5-4-8-26(3)15-24-20(14-22(17)26)21(25(30)31-24)16-28-9-11-29(12-10-28)23-13-19(27)7-6-18(23)2/h6-7,13,20-22,24H,1,4-5,8-12,14-16H2,2-3H3/t20-,21+,22+,24+,26+/m0/s1. The summed E-state index contributed by atoms with van der Waals surface area (Å²) in [5.41, 5.74) is 4.18. The van der Waals surface area contributed by atoms with Crippen molar-refractivity contribution in [2.45, 2.75) is 52.1 Å². The number of halogens is 1. The average Bonchev–Trinajstić information content (AvgIpc) is 3.02. The van der Waals surface area contributed by atoms with Gasteiger partial charge in [0.15, 0.2) is 0 Å². The predicted octanol–water partition coefficient (Wildman–Crippen LogP) is 5.08. The van der Waals surface area contributed by atoms with Crippen molar-refractivity contribution in [2.24, 2.45) is 23.2 Å². The molecule has 0 N–H and O–H groups in total. The number of piperazine rings is 1. The van der Waals surface area contributed by atoms with Gasteiger partial charge in [0.2, 0.25) is 0 Å². The van der Waals surface area contributed by atoms with Gasteiger partial charge in [-0.2, -0.15) is 0 Å². The van der Waals surface area contributed by atoms with E-state index in [1.54, 1.807) is 0 Å². The van der Waals surface area contributed by atoms with Crippen molar-refractivity contribution in [3.63, 3.8) is 0 Å². The number of esters is 1. The Morgan fingerprint density at radius 1 is 1.26 bits per heavy atom. The summed E-state index contributed by atoms with van der Waals surface area (Å²) < 4.78 is 5.97. The van der Waals surface area contributed by atoms with Crippen molar-refractivity contribution < 1.29 is 9.53 Å². The van der Waals surface area contributed by atoms with Crippen LogP contribution in [-0.4, -0.2) is 49.7 Å². The summed E-state index contributed by atoms with van der Waals surface area (Å²) in [5, 5.41) is 0.788. The van der Waals surface area contributed by atoms with E-state index in [-0.39, 0.29) is 23.4 Å². The smallest absolute Gasteiger partial charge is 0.310 e. The number of allylic oxidation sites excluding steroid dienone is 1. The lowest BCUT2D eigenvalue weighted by Crippen LogP contribution is -2.50. The van der Waals surface area contributed by atoms with Gasteiger partial charge < -0.3 is 9.64 Å². The van der Waals surface area contributed by atoms with Crippen LogP contribution >= 0.6 is 11.6 Å².